The molecule has 1 aliphatic rings. The summed E-state index contributed by atoms with van der Waals surface area (Å²) in [6, 6.07) is 7.83. The standard InChI is InChI=1S/C18H24N4O3S/c1-13-9-14(2)12-22(11-13)26(24,25)16-6-4-5-15(10-16)18(23)19-17-7-8-21(3)20-17/h4-8,10,13-14H,9,11-12H2,1-3H3,(H,19,20,23). The van der Waals surface area contributed by atoms with Crippen molar-refractivity contribution in [2.75, 3.05) is 18.4 Å². The number of nitrogens with zero attached hydrogens (tertiary/aromatic N) is 3. The van der Waals surface area contributed by atoms with Gasteiger partial charge < -0.3 is 5.32 Å². The van der Waals surface area contributed by atoms with Crippen LogP contribution in [0.15, 0.2) is 41.4 Å². The smallest absolute Gasteiger partial charge is 0.256 e. The zero-order chi connectivity index (χ0) is 18.9. The van der Waals surface area contributed by atoms with E-state index in [1.807, 2.05) is 0 Å². The van der Waals surface area contributed by atoms with E-state index < -0.39 is 10.0 Å². The van der Waals surface area contributed by atoms with Crippen molar-refractivity contribution in [3.05, 3.63) is 42.1 Å². The summed E-state index contributed by atoms with van der Waals surface area (Å²) in [6.45, 7) is 5.15. The normalized spacial score (nSPS) is 21.5. The molecule has 2 aromatic rings. The van der Waals surface area contributed by atoms with E-state index >= 15 is 0 Å². The van der Waals surface area contributed by atoms with Crippen LogP contribution in [0.2, 0.25) is 0 Å². The topological polar surface area (TPSA) is 84.3 Å². The zero-order valence-electron chi connectivity index (χ0n) is 15.2. The van der Waals surface area contributed by atoms with E-state index in [0.29, 0.717) is 30.7 Å². The molecule has 1 aliphatic heterocycles. The first kappa shape index (κ1) is 18.6. The van der Waals surface area contributed by atoms with Gasteiger partial charge in [-0.1, -0.05) is 19.9 Å². The minimum atomic E-state index is -3.62. The molecule has 1 saturated heterocycles. The van der Waals surface area contributed by atoms with Gasteiger partial charge in [0, 0.05) is 38.0 Å². The lowest BCUT2D eigenvalue weighted by molar-refractivity contribution is 0.102. The molecular weight excluding hydrogens is 352 g/mol. The van der Waals surface area contributed by atoms with Gasteiger partial charge in [-0.05, 0) is 36.5 Å². The van der Waals surface area contributed by atoms with Crippen LogP contribution >= 0.6 is 0 Å². The number of aryl methyl sites for hydroxylation is 1. The molecule has 1 aromatic heterocycles. The number of carbonyl (C=O) groups is 1. The fourth-order valence-electron chi connectivity index (χ4n) is 3.42. The van der Waals surface area contributed by atoms with E-state index in [1.165, 1.54) is 16.4 Å². The van der Waals surface area contributed by atoms with Crippen LogP contribution in [0.1, 0.15) is 30.6 Å². The average Bonchev–Trinajstić information content (AvgIpc) is 2.99. The number of aromatic nitrogens is 2. The highest BCUT2D eigenvalue weighted by Crippen LogP contribution is 2.27. The van der Waals surface area contributed by atoms with Crippen molar-refractivity contribution in [1.29, 1.82) is 0 Å². The Labute approximate surface area is 154 Å². The van der Waals surface area contributed by atoms with E-state index in [9.17, 15) is 13.2 Å². The molecule has 2 heterocycles. The Morgan fingerprint density at radius 3 is 2.50 bits per heavy atom. The van der Waals surface area contributed by atoms with Gasteiger partial charge in [-0.3, -0.25) is 9.48 Å². The molecule has 0 saturated carbocycles. The Bertz CT molecular complexity index is 897. The maximum Gasteiger partial charge on any atom is 0.256 e. The van der Waals surface area contributed by atoms with E-state index in [4.69, 9.17) is 0 Å². The number of hydrogen-bond acceptors (Lipinski definition) is 4. The van der Waals surface area contributed by atoms with Crippen molar-refractivity contribution in [3.63, 3.8) is 0 Å². The molecule has 1 N–H and O–H groups in total. The first-order valence-corrected chi connectivity index (χ1v) is 10.1. The molecule has 2 unspecified atom stereocenters. The second-order valence-corrected chi connectivity index (χ2v) is 9.06. The van der Waals surface area contributed by atoms with Gasteiger partial charge in [-0.15, -0.1) is 0 Å². The van der Waals surface area contributed by atoms with E-state index in [-0.39, 0.29) is 16.4 Å². The van der Waals surface area contributed by atoms with Crippen LogP contribution in [0.5, 0.6) is 0 Å². The van der Waals surface area contributed by atoms with Gasteiger partial charge >= 0.3 is 0 Å². The van der Waals surface area contributed by atoms with Gasteiger partial charge in [-0.25, -0.2) is 8.42 Å². The number of anilines is 1. The number of rotatable bonds is 4. The van der Waals surface area contributed by atoms with Crippen LogP contribution in [0.3, 0.4) is 0 Å². The molecule has 3 rings (SSSR count). The summed E-state index contributed by atoms with van der Waals surface area (Å²) in [5.74, 6) is 0.680. The first-order valence-electron chi connectivity index (χ1n) is 8.67. The van der Waals surface area contributed by atoms with Crippen LogP contribution in [0, 0.1) is 11.8 Å². The molecule has 0 radical (unpaired) electrons. The summed E-state index contributed by atoms with van der Waals surface area (Å²) in [5.41, 5.74) is 0.287. The van der Waals surface area contributed by atoms with Crippen LogP contribution in [-0.2, 0) is 17.1 Å². The van der Waals surface area contributed by atoms with Gasteiger partial charge in [0.05, 0.1) is 4.90 Å². The first-order chi connectivity index (χ1) is 12.3. The van der Waals surface area contributed by atoms with Crippen LogP contribution in [-0.4, -0.2) is 41.5 Å². The van der Waals surface area contributed by atoms with Crippen LogP contribution in [0.25, 0.3) is 0 Å². The predicted molar refractivity (Wildman–Crippen MR) is 99.3 cm³/mol. The van der Waals surface area contributed by atoms with Gasteiger partial charge in [0.25, 0.3) is 5.91 Å². The minimum absolute atomic E-state index is 0.146. The van der Waals surface area contributed by atoms with Crippen LogP contribution in [0.4, 0.5) is 5.82 Å². The number of piperidine rings is 1. The minimum Gasteiger partial charge on any atom is -0.305 e. The van der Waals surface area contributed by atoms with Crippen molar-refractivity contribution in [1.82, 2.24) is 14.1 Å². The quantitative estimate of drug-likeness (QED) is 0.888. The largest absolute Gasteiger partial charge is 0.305 e. The summed E-state index contributed by atoms with van der Waals surface area (Å²) in [7, 11) is -1.87. The molecule has 1 aromatic carbocycles. The molecule has 0 spiro atoms. The number of nitrogens with one attached hydrogen (secondary N) is 1. The second kappa shape index (κ2) is 7.20. The molecule has 1 fully saturated rings. The monoisotopic (exact) mass is 376 g/mol. The van der Waals surface area contributed by atoms with Gasteiger partial charge in [0.2, 0.25) is 10.0 Å². The number of hydrogen-bond donors (Lipinski definition) is 1. The van der Waals surface area contributed by atoms with Crippen LogP contribution < -0.4 is 5.32 Å². The molecule has 7 nitrogen and oxygen atoms in total. The van der Waals surface area contributed by atoms with Gasteiger partial charge in [0.1, 0.15) is 0 Å². The lowest BCUT2D eigenvalue weighted by atomic mass is 9.94. The molecule has 8 heteroatoms. The highest BCUT2D eigenvalue weighted by molar-refractivity contribution is 7.89. The molecule has 0 bridgehead atoms. The Morgan fingerprint density at radius 2 is 1.88 bits per heavy atom. The Kier molecular flexibility index (Phi) is 5.15. The Hall–Kier alpha value is -2.19. The molecule has 1 amide bonds. The molecule has 0 aliphatic carbocycles. The van der Waals surface area contributed by atoms with Crippen molar-refractivity contribution in [2.45, 2.75) is 25.2 Å². The van der Waals surface area contributed by atoms with Gasteiger partial charge in [-0.2, -0.15) is 9.40 Å². The Morgan fingerprint density at radius 1 is 1.19 bits per heavy atom. The third kappa shape index (κ3) is 3.96. The number of benzene rings is 1. The van der Waals surface area contributed by atoms with Gasteiger partial charge in [0.15, 0.2) is 5.82 Å². The van der Waals surface area contributed by atoms with Crippen molar-refractivity contribution >= 4 is 21.7 Å². The molecule has 140 valence electrons. The summed E-state index contributed by atoms with van der Waals surface area (Å²) < 4.78 is 29.1. The Balaban J connectivity index is 1.82. The average molecular weight is 376 g/mol. The highest BCUT2D eigenvalue weighted by atomic mass is 32.2. The third-order valence-electron chi connectivity index (χ3n) is 4.52. The molecular formula is C18H24N4O3S. The maximum absolute atomic E-state index is 13.0. The fourth-order valence-corrected chi connectivity index (χ4v) is 5.15. The number of carbonyl (C=O) groups excluding carboxylic acids is 1. The lowest BCUT2D eigenvalue weighted by Gasteiger charge is -2.34. The molecule has 26 heavy (non-hydrogen) atoms. The summed E-state index contributed by atoms with van der Waals surface area (Å²) in [4.78, 5) is 12.6. The lowest BCUT2D eigenvalue weighted by Crippen LogP contribution is -2.42. The number of amides is 1. The second-order valence-electron chi connectivity index (χ2n) is 7.12. The summed E-state index contributed by atoms with van der Waals surface area (Å²) in [6.07, 6.45) is 2.74. The maximum atomic E-state index is 13.0. The van der Waals surface area contributed by atoms with E-state index in [2.05, 4.69) is 24.3 Å². The fraction of sp³-hybridized carbons (Fsp3) is 0.444. The van der Waals surface area contributed by atoms with E-state index in [0.717, 1.165) is 6.42 Å². The predicted octanol–water partition coefficient (Wildman–Crippen LogP) is 2.34. The van der Waals surface area contributed by atoms with Crippen molar-refractivity contribution in [3.8, 4) is 0 Å². The summed E-state index contributed by atoms with van der Waals surface area (Å²) >= 11 is 0. The zero-order valence-corrected chi connectivity index (χ0v) is 16.0. The number of sulfonamides is 1. The highest BCUT2D eigenvalue weighted by Gasteiger charge is 2.31. The van der Waals surface area contributed by atoms with Crippen molar-refractivity contribution in [2.24, 2.45) is 18.9 Å². The molecule has 2 atom stereocenters. The summed E-state index contributed by atoms with van der Waals surface area (Å²) in [5, 5.41) is 6.77. The van der Waals surface area contributed by atoms with Crippen molar-refractivity contribution < 1.29 is 13.2 Å². The third-order valence-corrected chi connectivity index (χ3v) is 6.35. The van der Waals surface area contributed by atoms with E-state index in [1.54, 1.807) is 36.1 Å². The SMILES string of the molecule is CC1CC(C)CN(S(=O)(=O)c2cccc(C(=O)Nc3ccn(C)n3)c2)C1.